The highest BCUT2D eigenvalue weighted by atomic mass is 35.5. The number of alkyl halides is 3. The molecular weight excluding hydrogens is 541 g/mol. The maximum atomic E-state index is 13.2. The van der Waals surface area contributed by atoms with Crippen LogP contribution in [0.15, 0.2) is 48.8 Å². The highest BCUT2D eigenvalue weighted by molar-refractivity contribution is 7.15. The second-order valence-corrected chi connectivity index (χ2v) is 10.4. The first-order valence-corrected chi connectivity index (χ1v) is 12.7. The van der Waals surface area contributed by atoms with Crippen molar-refractivity contribution in [2.75, 3.05) is 5.32 Å². The fourth-order valence-electron chi connectivity index (χ4n) is 4.53. The molecular formula is C26H20ClF3N4O3S. The Kier molecular flexibility index (Phi) is 6.62. The van der Waals surface area contributed by atoms with Crippen LogP contribution in [-0.4, -0.2) is 31.1 Å². The number of hydrogen-bond acceptors (Lipinski definition) is 7. The van der Waals surface area contributed by atoms with Gasteiger partial charge in [-0.3, -0.25) is 0 Å². The Balaban J connectivity index is 1.46. The van der Waals surface area contributed by atoms with Gasteiger partial charge < -0.3 is 15.5 Å². The van der Waals surface area contributed by atoms with Crippen LogP contribution in [0.1, 0.15) is 50.5 Å². The van der Waals surface area contributed by atoms with E-state index in [4.69, 9.17) is 11.6 Å². The first-order chi connectivity index (χ1) is 17.9. The number of rotatable bonds is 5. The van der Waals surface area contributed by atoms with Crippen LogP contribution < -0.4 is 5.32 Å². The second kappa shape index (κ2) is 9.64. The van der Waals surface area contributed by atoms with Gasteiger partial charge >= 0.3 is 12.1 Å². The molecule has 1 atom stereocenters. The molecule has 1 aliphatic rings. The molecule has 12 heteroatoms. The minimum Gasteiger partial charge on any atom is -0.478 e. The number of aromatic carboxylic acids is 1. The SMILES string of the molecule is Cc1cc(Nc2cc(C(F)(F)F)c(Cl)cn2)nc(-c2cnc([C@@]3(O)CCCc4cc(C(=O)O)ccc43)s2)c1. The molecule has 0 saturated heterocycles. The number of carboxylic acid groups (broad SMARTS) is 1. The predicted molar refractivity (Wildman–Crippen MR) is 137 cm³/mol. The zero-order valence-corrected chi connectivity index (χ0v) is 21.4. The monoisotopic (exact) mass is 560 g/mol. The van der Waals surface area contributed by atoms with Gasteiger partial charge in [0, 0.05) is 12.4 Å². The van der Waals surface area contributed by atoms with E-state index in [2.05, 4.69) is 20.3 Å². The average Bonchev–Trinajstić information content (AvgIpc) is 3.35. The number of carbonyl (C=O) groups is 1. The molecule has 4 aromatic rings. The Labute approximate surface area is 224 Å². The lowest BCUT2D eigenvalue weighted by Gasteiger charge is -2.33. The predicted octanol–water partition coefficient (Wildman–Crippen LogP) is 6.59. The number of nitrogens with one attached hydrogen (secondary N) is 1. The van der Waals surface area contributed by atoms with Gasteiger partial charge in [-0.25, -0.2) is 19.7 Å². The third kappa shape index (κ3) is 4.96. The third-order valence-corrected chi connectivity index (χ3v) is 7.75. The number of thiazole rings is 1. The fraction of sp³-hybridized carbons (Fsp3) is 0.231. The number of aromatic nitrogens is 3. The van der Waals surface area contributed by atoms with Crippen LogP contribution in [0.25, 0.3) is 10.6 Å². The largest absolute Gasteiger partial charge is 0.478 e. The fourth-order valence-corrected chi connectivity index (χ4v) is 5.74. The van der Waals surface area contributed by atoms with Crippen molar-refractivity contribution in [3.63, 3.8) is 0 Å². The Morgan fingerprint density at radius 1 is 1.13 bits per heavy atom. The molecule has 38 heavy (non-hydrogen) atoms. The lowest BCUT2D eigenvalue weighted by molar-refractivity contribution is -0.137. The topological polar surface area (TPSA) is 108 Å². The van der Waals surface area contributed by atoms with E-state index in [1.807, 2.05) is 6.92 Å². The van der Waals surface area contributed by atoms with Crippen molar-refractivity contribution in [3.8, 4) is 10.6 Å². The third-order valence-electron chi connectivity index (χ3n) is 6.28. The molecule has 0 fully saturated rings. The maximum Gasteiger partial charge on any atom is 0.418 e. The number of nitrogens with zero attached hydrogens (tertiary/aromatic N) is 3. The van der Waals surface area contributed by atoms with Crippen molar-refractivity contribution in [1.82, 2.24) is 15.0 Å². The molecule has 0 amide bonds. The van der Waals surface area contributed by atoms with Gasteiger partial charge in [0.25, 0.3) is 0 Å². The quantitative estimate of drug-likeness (QED) is 0.252. The number of carboxylic acids is 1. The van der Waals surface area contributed by atoms with E-state index in [0.717, 1.165) is 23.4 Å². The van der Waals surface area contributed by atoms with E-state index >= 15 is 0 Å². The van der Waals surface area contributed by atoms with Crippen molar-refractivity contribution in [1.29, 1.82) is 0 Å². The van der Waals surface area contributed by atoms with Crippen LogP contribution in [0.4, 0.5) is 24.8 Å². The number of pyridine rings is 2. The Morgan fingerprint density at radius 2 is 1.92 bits per heavy atom. The summed E-state index contributed by atoms with van der Waals surface area (Å²) in [6.07, 6.45) is -0.371. The summed E-state index contributed by atoms with van der Waals surface area (Å²) in [7, 11) is 0. The molecule has 0 radical (unpaired) electrons. The molecule has 196 valence electrons. The van der Waals surface area contributed by atoms with Gasteiger partial charge in [-0.1, -0.05) is 17.7 Å². The number of benzene rings is 1. The molecule has 3 N–H and O–H groups in total. The number of aliphatic hydroxyl groups is 1. The first-order valence-electron chi connectivity index (χ1n) is 11.5. The Bertz CT molecular complexity index is 1560. The highest BCUT2D eigenvalue weighted by Crippen LogP contribution is 2.44. The number of fused-ring (bicyclic) bond motifs is 1. The second-order valence-electron chi connectivity index (χ2n) is 9.01. The van der Waals surface area contributed by atoms with Gasteiger partial charge in [-0.05, 0) is 73.2 Å². The van der Waals surface area contributed by atoms with Crippen molar-refractivity contribution < 1.29 is 28.2 Å². The molecule has 7 nitrogen and oxygen atoms in total. The van der Waals surface area contributed by atoms with Gasteiger partial charge in [0.05, 0.1) is 26.7 Å². The summed E-state index contributed by atoms with van der Waals surface area (Å²) >= 11 is 6.91. The van der Waals surface area contributed by atoms with Gasteiger partial charge in [-0.2, -0.15) is 13.2 Å². The van der Waals surface area contributed by atoms with Gasteiger partial charge in [-0.15, -0.1) is 11.3 Å². The molecule has 0 spiro atoms. The van der Waals surface area contributed by atoms with Gasteiger partial charge in [0.15, 0.2) is 0 Å². The van der Waals surface area contributed by atoms with E-state index < -0.39 is 28.3 Å². The number of anilines is 2. The lowest BCUT2D eigenvalue weighted by atomic mass is 9.79. The normalized spacial score (nSPS) is 17.2. The standard InChI is InChI=1S/C26H20ClF3N4O3S/c1-13-7-19(33-22(8-13)34-21-10-17(26(28,29)30)18(27)11-31-21)20-12-32-24(38-20)25(37)6-2-3-14-9-15(23(35)36)4-5-16(14)25/h4-5,7-12,37H,2-3,6H2,1H3,(H,35,36)(H,31,33,34)/t25-/m1/s1. The zero-order chi connectivity index (χ0) is 27.2. The van der Waals surface area contributed by atoms with Crippen molar-refractivity contribution in [2.45, 2.75) is 38.0 Å². The number of hydrogen-bond donors (Lipinski definition) is 3. The Morgan fingerprint density at radius 3 is 2.66 bits per heavy atom. The molecule has 0 bridgehead atoms. The first kappa shape index (κ1) is 26.1. The molecule has 0 saturated carbocycles. The van der Waals surface area contributed by atoms with Crippen molar-refractivity contribution in [2.24, 2.45) is 0 Å². The average molecular weight is 561 g/mol. The van der Waals surface area contributed by atoms with Gasteiger partial charge in [0.2, 0.25) is 0 Å². The molecule has 5 rings (SSSR count). The van der Waals surface area contributed by atoms with Crippen molar-refractivity contribution >= 4 is 40.5 Å². The lowest BCUT2D eigenvalue weighted by Crippen LogP contribution is -2.32. The summed E-state index contributed by atoms with van der Waals surface area (Å²) < 4.78 is 39.7. The number of halogens is 4. The van der Waals surface area contributed by atoms with E-state index in [-0.39, 0.29) is 17.2 Å². The summed E-state index contributed by atoms with van der Waals surface area (Å²) in [5.74, 6) is -0.817. The molecule has 0 aliphatic heterocycles. The summed E-state index contributed by atoms with van der Waals surface area (Å²) in [4.78, 5) is 25.0. The van der Waals surface area contributed by atoms with Crippen LogP contribution in [0.5, 0.6) is 0 Å². The molecule has 0 unspecified atom stereocenters. The van der Waals surface area contributed by atoms with E-state index in [0.29, 0.717) is 40.4 Å². The molecule has 1 aliphatic carbocycles. The van der Waals surface area contributed by atoms with Crippen LogP contribution in [0.3, 0.4) is 0 Å². The van der Waals surface area contributed by atoms with Crippen molar-refractivity contribution in [3.05, 3.63) is 86.6 Å². The summed E-state index contributed by atoms with van der Waals surface area (Å²) in [5.41, 5.74) is 0.484. The van der Waals surface area contributed by atoms with Crippen LogP contribution in [0, 0.1) is 6.92 Å². The van der Waals surface area contributed by atoms with E-state index in [9.17, 15) is 28.2 Å². The van der Waals surface area contributed by atoms with Crippen LogP contribution in [-0.2, 0) is 18.2 Å². The van der Waals surface area contributed by atoms with Crippen LogP contribution >= 0.6 is 22.9 Å². The Hall–Kier alpha value is -3.54. The molecule has 1 aromatic carbocycles. The molecule has 3 aromatic heterocycles. The van der Waals surface area contributed by atoms with E-state index in [1.165, 1.54) is 17.4 Å². The summed E-state index contributed by atoms with van der Waals surface area (Å²) in [5, 5.41) is 23.7. The summed E-state index contributed by atoms with van der Waals surface area (Å²) in [6, 6.07) is 8.99. The molecule has 3 heterocycles. The smallest absolute Gasteiger partial charge is 0.418 e. The number of aryl methyl sites for hydroxylation is 2. The van der Waals surface area contributed by atoms with Crippen LogP contribution in [0.2, 0.25) is 5.02 Å². The van der Waals surface area contributed by atoms with Gasteiger partial charge in [0.1, 0.15) is 22.2 Å². The summed E-state index contributed by atoms with van der Waals surface area (Å²) in [6.45, 7) is 1.82. The minimum atomic E-state index is -4.63. The minimum absolute atomic E-state index is 0.0652. The zero-order valence-electron chi connectivity index (χ0n) is 19.8. The highest BCUT2D eigenvalue weighted by Gasteiger charge is 2.39. The van der Waals surface area contributed by atoms with E-state index in [1.54, 1.807) is 30.5 Å². The maximum absolute atomic E-state index is 13.2.